The van der Waals surface area contributed by atoms with Crippen molar-refractivity contribution in [2.24, 2.45) is 0 Å². The fourth-order valence-corrected chi connectivity index (χ4v) is 3.24. The summed E-state index contributed by atoms with van der Waals surface area (Å²) in [5, 5.41) is 3.03. The normalized spacial score (nSPS) is 17.5. The third-order valence-electron chi connectivity index (χ3n) is 4.56. The van der Waals surface area contributed by atoms with E-state index in [2.05, 4.69) is 20.3 Å². The smallest absolute Gasteiger partial charge is 0.254 e. The molecule has 7 nitrogen and oxygen atoms in total. The van der Waals surface area contributed by atoms with Crippen molar-refractivity contribution >= 4 is 22.8 Å². The van der Waals surface area contributed by atoms with Crippen LogP contribution >= 0.6 is 0 Å². The standard InChI is InChI=1S/C19H21N5O2/c1-12-21-14-7-6-13(10-16(14)22-12)19(25)24-8-9-26-17(11-24)15-4-3-5-18(20-2)23-15/h3-7,10,17H,8-9,11H2,1-2H3,(H,20,23)(H,21,22). The van der Waals surface area contributed by atoms with Gasteiger partial charge in [0.15, 0.2) is 0 Å². The minimum atomic E-state index is -0.223. The van der Waals surface area contributed by atoms with Crippen LogP contribution in [-0.4, -0.2) is 52.5 Å². The van der Waals surface area contributed by atoms with Gasteiger partial charge in [-0.05, 0) is 37.3 Å². The van der Waals surface area contributed by atoms with E-state index in [1.807, 2.05) is 55.3 Å². The molecule has 0 saturated carbocycles. The van der Waals surface area contributed by atoms with Gasteiger partial charge >= 0.3 is 0 Å². The number of aryl methyl sites for hydroxylation is 1. The Morgan fingerprint density at radius 2 is 2.19 bits per heavy atom. The van der Waals surface area contributed by atoms with E-state index in [4.69, 9.17) is 4.74 Å². The van der Waals surface area contributed by atoms with Crippen LogP contribution < -0.4 is 5.32 Å². The Kier molecular flexibility index (Phi) is 4.30. The minimum absolute atomic E-state index is 0.00257. The van der Waals surface area contributed by atoms with Gasteiger partial charge in [0.05, 0.1) is 29.9 Å². The van der Waals surface area contributed by atoms with Gasteiger partial charge in [0.2, 0.25) is 0 Å². The number of amides is 1. The van der Waals surface area contributed by atoms with Crippen LogP contribution in [0.5, 0.6) is 0 Å². The lowest BCUT2D eigenvalue weighted by Crippen LogP contribution is -2.42. The second kappa shape index (κ2) is 6.76. The van der Waals surface area contributed by atoms with Gasteiger partial charge < -0.3 is 19.9 Å². The summed E-state index contributed by atoms with van der Waals surface area (Å²) in [6.07, 6.45) is -0.223. The van der Waals surface area contributed by atoms with Crippen LogP contribution in [0.3, 0.4) is 0 Å². The highest BCUT2D eigenvalue weighted by molar-refractivity contribution is 5.97. The lowest BCUT2D eigenvalue weighted by atomic mass is 10.1. The second-order valence-electron chi connectivity index (χ2n) is 6.36. The molecule has 1 aliphatic rings. The number of hydrogen-bond acceptors (Lipinski definition) is 5. The molecule has 0 bridgehead atoms. The van der Waals surface area contributed by atoms with E-state index in [-0.39, 0.29) is 12.0 Å². The number of aromatic amines is 1. The molecule has 26 heavy (non-hydrogen) atoms. The summed E-state index contributed by atoms with van der Waals surface area (Å²) in [7, 11) is 1.83. The number of nitrogens with one attached hydrogen (secondary N) is 2. The number of nitrogens with zero attached hydrogens (tertiary/aromatic N) is 3. The van der Waals surface area contributed by atoms with E-state index in [1.54, 1.807) is 0 Å². The van der Waals surface area contributed by atoms with Crippen molar-refractivity contribution in [2.75, 3.05) is 32.1 Å². The Hall–Kier alpha value is -2.93. The number of carbonyl (C=O) groups is 1. The number of morpholine rings is 1. The molecule has 3 aromatic rings. The Morgan fingerprint density at radius 3 is 3.04 bits per heavy atom. The second-order valence-corrected chi connectivity index (χ2v) is 6.36. The highest BCUT2D eigenvalue weighted by Crippen LogP contribution is 2.23. The van der Waals surface area contributed by atoms with Crippen molar-refractivity contribution in [3.05, 3.63) is 53.5 Å². The molecule has 1 amide bonds. The molecule has 2 N–H and O–H groups in total. The predicted molar refractivity (Wildman–Crippen MR) is 99.2 cm³/mol. The Balaban J connectivity index is 1.55. The molecule has 7 heteroatoms. The van der Waals surface area contributed by atoms with Gasteiger partial charge in [0.1, 0.15) is 17.7 Å². The van der Waals surface area contributed by atoms with E-state index in [0.717, 1.165) is 28.4 Å². The van der Waals surface area contributed by atoms with Crippen molar-refractivity contribution in [3.8, 4) is 0 Å². The number of H-pyrrole nitrogens is 1. The van der Waals surface area contributed by atoms with E-state index in [1.165, 1.54) is 0 Å². The molecule has 3 heterocycles. The monoisotopic (exact) mass is 351 g/mol. The number of hydrogen-bond donors (Lipinski definition) is 2. The SMILES string of the molecule is CNc1cccc(C2CN(C(=O)c3ccc4nc(C)[nH]c4c3)CCO2)n1. The number of fused-ring (bicyclic) bond motifs is 1. The van der Waals surface area contributed by atoms with Crippen molar-refractivity contribution in [1.29, 1.82) is 0 Å². The zero-order valence-corrected chi connectivity index (χ0v) is 14.8. The zero-order chi connectivity index (χ0) is 18.1. The molecule has 1 saturated heterocycles. The van der Waals surface area contributed by atoms with Gasteiger partial charge in [-0.1, -0.05) is 6.07 Å². The van der Waals surface area contributed by atoms with Gasteiger partial charge in [-0.25, -0.2) is 9.97 Å². The van der Waals surface area contributed by atoms with Gasteiger partial charge in [-0.2, -0.15) is 0 Å². The highest BCUT2D eigenvalue weighted by Gasteiger charge is 2.27. The molecule has 0 aliphatic carbocycles. The average molecular weight is 351 g/mol. The topological polar surface area (TPSA) is 83.1 Å². The molecular formula is C19H21N5O2. The molecule has 1 aromatic carbocycles. The van der Waals surface area contributed by atoms with Crippen molar-refractivity contribution in [2.45, 2.75) is 13.0 Å². The molecule has 0 radical (unpaired) electrons. The third kappa shape index (κ3) is 3.13. The van der Waals surface area contributed by atoms with Gasteiger partial charge in [-0.15, -0.1) is 0 Å². The van der Waals surface area contributed by atoms with Crippen LogP contribution in [0, 0.1) is 6.92 Å². The molecule has 134 valence electrons. The van der Waals surface area contributed by atoms with Crippen molar-refractivity contribution < 1.29 is 9.53 Å². The number of imidazole rings is 1. The number of carbonyl (C=O) groups excluding carboxylic acids is 1. The van der Waals surface area contributed by atoms with Crippen LogP contribution in [0.4, 0.5) is 5.82 Å². The summed E-state index contributed by atoms with van der Waals surface area (Å²) >= 11 is 0. The number of pyridine rings is 1. The third-order valence-corrected chi connectivity index (χ3v) is 4.56. The average Bonchev–Trinajstić information content (AvgIpc) is 3.06. The summed E-state index contributed by atoms with van der Waals surface area (Å²) in [5.74, 6) is 1.62. The first-order valence-electron chi connectivity index (χ1n) is 8.66. The molecule has 1 atom stereocenters. The summed E-state index contributed by atoms with van der Waals surface area (Å²) < 4.78 is 5.85. The molecule has 4 rings (SSSR count). The number of aromatic nitrogens is 3. The fourth-order valence-electron chi connectivity index (χ4n) is 3.24. The van der Waals surface area contributed by atoms with Crippen LogP contribution in [-0.2, 0) is 4.74 Å². The van der Waals surface area contributed by atoms with E-state index >= 15 is 0 Å². The Bertz CT molecular complexity index is 952. The maximum Gasteiger partial charge on any atom is 0.254 e. The molecule has 1 unspecified atom stereocenters. The largest absolute Gasteiger partial charge is 0.373 e. The van der Waals surface area contributed by atoms with Gasteiger partial charge in [0.25, 0.3) is 5.91 Å². The maximum atomic E-state index is 13.0. The van der Waals surface area contributed by atoms with Crippen LogP contribution in [0.2, 0.25) is 0 Å². The Morgan fingerprint density at radius 1 is 1.31 bits per heavy atom. The van der Waals surface area contributed by atoms with E-state index in [0.29, 0.717) is 25.3 Å². The molecular weight excluding hydrogens is 330 g/mol. The van der Waals surface area contributed by atoms with Crippen LogP contribution in [0.15, 0.2) is 36.4 Å². The first-order chi connectivity index (χ1) is 12.6. The number of ether oxygens (including phenoxy) is 1. The number of benzene rings is 1. The first kappa shape index (κ1) is 16.5. The number of anilines is 1. The summed E-state index contributed by atoms with van der Waals surface area (Å²) in [5.41, 5.74) is 3.22. The molecule has 1 fully saturated rings. The fraction of sp³-hybridized carbons (Fsp3) is 0.316. The van der Waals surface area contributed by atoms with Crippen LogP contribution in [0.25, 0.3) is 11.0 Å². The first-order valence-corrected chi connectivity index (χ1v) is 8.66. The lowest BCUT2D eigenvalue weighted by molar-refractivity contribution is -0.0246. The zero-order valence-electron chi connectivity index (χ0n) is 14.8. The number of rotatable bonds is 3. The van der Waals surface area contributed by atoms with Crippen LogP contribution in [0.1, 0.15) is 28.0 Å². The summed E-state index contributed by atoms with van der Waals surface area (Å²) in [4.78, 5) is 26.9. The quantitative estimate of drug-likeness (QED) is 0.758. The summed E-state index contributed by atoms with van der Waals surface area (Å²) in [6.45, 7) is 3.45. The molecule has 0 spiro atoms. The minimum Gasteiger partial charge on any atom is -0.373 e. The molecule has 2 aromatic heterocycles. The van der Waals surface area contributed by atoms with E-state index < -0.39 is 0 Å². The van der Waals surface area contributed by atoms with E-state index in [9.17, 15) is 4.79 Å². The highest BCUT2D eigenvalue weighted by atomic mass is 16.5. The summed E-state index contributed by atoms with van der Waals surface area (Å²) in [6, 6.07) is 11.3. The maximum absolute atomic E-state index is 13.0. The molecule has 1 aliphatic heterocycles. The van der Waals surface area contributed by atoms with Crippen molar-refractivity contribution in [3.63, 3.8) is 0 Å². The predicted octanol–water partition coefficient (Wildman–Crippen LogP) is 2.52. The Labute approximate surface area is 151 Å². The van der Waals surface area contributed by atoms with Gasteiger partial charge in [0, 0.05) is 19.2 Å². The van der Waals surface area contributed by atoms with Gasteiger partial charge in [-0.3, -0.25) is 4.79 Å². The van der Waals surface area contributed by atoms with Crippen molar-refractivity contribution in [1.82, 2.24) is 19.9 Å². The lowest BCUT2D eigenvalue weighted by Gasteiger charge is -2.32.